The summed E-state index contributed by atoms with van der Waals surface area (Å²) in [6.45, 7) is 2.65. The highest BCUT2D eigenvalue weighted by Gasteiger charge is 2.32. The van der Waals surface area contributed by atoms with Gasteiger partial charge in [0.15, 0.2) is 0 Å². The number of aliphatic hydroxyl groups excluding tert-OH is 2. The Morgan fingerprint density at radius 2 is 1.77 bits per heavy atom. The summed E-state index contributed by atoms with van der Waals surface area (Å²) in [6, 6.07) is 15.6. The van der Waals surface area contributed by atoms with E-state index < -0.39 is 18.3 Å². The van der Waals surface area contributed by atoms with Gasteiger partial charge in [-0.15, -0.1) is 0 Å². The molecule has 2 aromatic carbocycles. The maximum Gasteiger partial charge on any atom is 0.253 e. The molecule has 4 N–H and O–H groups in total. The Hall–Kier alpha value is -2.41. The third kappa shape index (κ3) is 4.40. The molecule has 0 unspecified atom stereocenters. The number of aryl methyl sites for hydroxylation is 1. The lowest BCUT2D eigenvalue weighted by molar-refractivity contribution is -0.149. The Morgan fingerprint density at radius 1 is 1.08 bits per heavy atom. The van der Waals surface area contributed by atoms with Crippen LogP contribution in [0.1, 0.15) is 17.5 Å². The van der Waals surface area contributed by atoms with Crippen LogP contribution in [0, 0.1) is 6.92 Å². The van der Waals surface area contributed by atoms with Crippen LogP contribution in [0.2, 0.25) is 0 Å². The van der Waals surface area contributed by atoms with E-state index in [4.69, 9.17) is 4.74 Å². The van der Waals surface area contributed by atoms with Crippen molar-refractivity contribution >= 4 is 17.3 Å². The van der Waals surface area contributed by atoms with Gasteiger partial charge in [0.1, 0.15) is 12.2 Å². The predicted molar refractivity (Wildman–Crippen MR) is 99.9 cm³/mol. The van der Waals surface area contributed by atoms with E-state index >= 15 is 0 Å². The number of anilines is 2. The number of hydrogen-bond donors (Lipinski definition) is 4. The quantitative estimate of drug-likeness (QED) is 0.658. The van der Waals surface area contributed by atoms with Crippen molar-refractivity contribution in [1.82, 2.24) is 0 Å². The van der Waals surface area contributed by atoms with Crippen molar-refractivity contribution in [3.8, 4) is 0 Å². The Labute approximate surface area is 152 Å². The smallest absolute Gasteiger partial charge is 0.253 e. The molecule has 1 heterocycles. The van der Waals surface area contributed by atoms with E-state index in [0.29, 0.717) is 12.2 Å². The Bertz CT molecular complexity index is 765. The average molecular weight is 356 g/mol. The largest absolute Gasteiger partial charge is 0.390 e. The zero-order valence-electron chi connectivity index (χ0n) is 14.7. The van der Waals surface area contributed by atoms with E-state index in [1.54, 1.807) is 0 Å². The average Bonchev–Trinajstić information content (AvgIpc) is 2.64. The van der Waals surface area contributed by atoms with E-state index in [1.165, 1.54) is 11.1 Å². The molecule has 3 rings (SSSR count). The molecule has 3 atom stereocenters. The fraction of sp³-hybridized carbons (Fsp3) is 0.350. The molecule has 1 fully saturated rings. The van der Waals surface area contributed by atoms with Gasteiger partial charge >= 0.3 is 0 Å². The first kappa shape index (κ1) is 18.4. The summed E-state index contributed by atoms with van der Waals surface area (Å²) in [4.78, 5) is 12.4. The molecule has 6 nitrogen and oxygen atoms in total. The van der Waals surface area contributed by atoms with Crippen molar-refractivity contribution in [2.75, 3.05) is 17.2 Å². The van der Waals surface area contributed by atoms with Gasteiger partial charge in [-0.3, -0.25) is 4.79 Å². The van der Waals surface area contributed by atoms with Crippen LogP contribution in [0.15, 0.2) is 48.5 Å². The number of para-hydroxylation sites is 2. The highest BCUT2D eigenvalue weighted by atomic mass is 16.5. The standard InChI is InChI=1S/C20H24N2O4/c1-13-6-2-3-7-14(13)11-21-15-8-4-5-9-16(15)22-20(25)19-10-17(23)18(24)12-26-19/h2-9,17-19,21,23-24H,10-12H2,1H3,(H,22,25)/t17-,18+,19+/m1/s1. The summed E-state index contributed by atoms with van der Waals surface area (Å²) in [5.41, 5.74) is 3.84. The van der Waals surface area contributed by atoms with Gasteiger partial charge in [0.25, 0.3) is 5.91 Å². The molecule has 1 amide bonds. The minimum absolute atomic E-state index is 0.0492. The molecule has 1 aliphatic heterocycles. The highest BCUT2D eigenvalue weighted by Crippen LogP contribution is 2.24. The molecule has 0 radical (unpaired) electrons. The second kappa shape index (κ2) is 8.31. The molecule has 1 aliphatic rings. The van der Waals surface area contributed by atoms with Crippen molar-refractivity contribution in [2.45, 2.75) is 38.2 Å². The lowest BCUT2D eigenvalue weighted by Crippen LogP contribution is -2.45. The summed E-state index contributed by atoms with van der Waals surface area (Å²) < 4.78 is 5.34. The number of carbonyl (C=O) groups excluding carboxylic acids is 1. The van der Waals surface area contributed by atoms with Crippen LogP contribution in [0.25, 0.3) is 0 Å². The number of benzene rings is 2. The third-order valence-electron chi connectivity index (χ3n) is 4.58. The molecule has 0 bridgehead atoms. The zero-order chi connectivity index (χ0) is 18.5. The number of carbonyl (C=O) groups is 1. The van der Waals surface area contributed by atoms with Gasteiger partial charge in [0.2, 0.25) is 0 Å². The first-order valence-corrected chi connectivity index (χ1v) is 8.70. The molecule has 0 aliphatic carbocycles. The Morgan fingerprint density at radius 3 is 2.50 bits per heavy atom. The van der Waals surface area contributed by atoms with Crippen LogP contribution in [0.4, 0.5) is 11.4 Å². The summed E-state index contributed by atoms with van der Waals surface area (Å²) in [5.74, 6) is -0.332. The van der Waals surface area contributed by atoms with Gasteiger partial charge < -0.3 is 25.6 Å². The third-order valence-corrected chi connectivity index (χ3v) is 4.58. The van der Waals surface area contributed by atoms with Gasteiger partial charge in [-0.1, -0.05) is 36.4 Å². The topological polar surface area (TPSA) is 90.8 Å². The molecule has 2 aromatic rings. The Kier molecular flexibility index (Phi) is 5.88. The molecule has 0 aromatic heterocycles. The second-order valence-corrected chi connectivity index (χ2v) is 6.51. The van der Waals surface area contributed by atoms with Crippen molar-refractivity contribution in [2.24, 2.45) is 0 Å². The van der Waals surface area contributed by atoms with Crippen molar-refractivity contribution in [1.29, 1.82) is 0 Å². The number of hydrogen-bond acceptors (Lipinski definition) is 5. The number of nitrogens with one attached hydrogen (secondary N) is 2. The molecule has 6 heteroatoms. The second-order valence-electron chi connectivity index (χ2n) is 6.51. The van der Waals surface area contributed by atoms with Crippen LogP contribution in [-0.2, 0) is 16.1 Å². The molecule has 138 valence electrons. The van der Waals surface area contributed by atoms with E-state index in [0.717, 1.165) is 5.69 Å². The van der Waals surface area contributed by atoms with Crippen LogP contribution >= 0.6 is 0 Å². The minimum atomic E-state index is -0.950. The van der Waals surface area contributed by atoms with Crippen molar-refractivity contribution < 1.29 is 19.7 Å². The monoisotopic (exact) mass is 356 g/mol. The molecule has 1 saturated heterocycles. The lowest BCUT2D eigenvalue weighted by atomic mass is 10.0. The highest BCUT2D eigenvalue weighted by molar-refractivity contribution is 5.97. The van der Waals surface area contributed by atoms with Gasteiger partial charge in [-0.25, -0.2) is 0 Å². The van der Waals surface area contributed by atoms with Crippen LogP contribution in [0.3, 0.4) is 0 Å². The van der Waals surface area contributed by atoms with E-state index in [-0.39, 0.29) is 18.9 Å². The first-order valence-electron chi connectivity index (χ1n) is 8.70. The maximum absolute atomic E-state index is 12.4. The maximum atomic E-state index is 12.4. The summed E-state index contributed by atoms with van der Waals surface area (Å²) in [6.07, 6.45) is -2.60. The SMILES string of the molecule is Cc1ccccc1CNc1ccccc1NC(=O)[C@@H]1C[C@@H](O)[C@@H](O)CO1. The normalized spacial score (nSPS) is 22.7. The first-order chi connectivity index (χ1) is 12.5. The Balaban J connectivity index is 1.65. The molecular formula is C20H24N2O4. The molecular weight excluding hydrogens is 332 g/mol. The van der Waals surface area contributed by atoms with E-state index in [1.807, 2.05) is 36.4 Å². The van der Waals surface area contributed by atoms with E-state index in [2.05, 4.69) is 29.7 Å². The number of amides is 1. The van der Waals surface area contributed by atoms with E-state index in [9.17, 15) is 15.0 Å². The summed E-state index contributed by atoms with van der Waals surface area (Å²) in [7, 11) is 0. The van der Waals surface area contributed by atoms with Crippen molar-refractivity contribution in [3.05, 3.63) is 59.7 Å². The number of ether oxygens (including phenoxy) is 1. The zero-order valence-corrected chi connectivity index (χ0v) is 14.7. The summed E-state index contributed by atoms with van der Waals surface area (Å²) >= 11 is 0. The molecule has 0 saturated carbocycles. The predicted octanol–water partition coefficient (Wildman–Crippen LogP) is 2.06. The number of rotatable bonds is 5. The summed E-state index contributed by atoms with van der Waals surface area (Å²) in [5, 5.41) is 25.4. The lowest BCUT2D eigenvalue weighted by Gasteiger charge is -2.29. The minimum Gasteiger partial charge on any atom is -0.390 e. The van der Waals surface area contributed by atoms with Gasteiger partial charge in [-0.2, -0.15) is 0 Å². The fourth-order valence-electron chi connectivity index (χ4n) is 2.91. The molecule has 0 spiro atoms. The van der Waals surface area contributed by atoms with Gasteiger partial charge in [0.05, 0.1) is 24.1 Å². The van der Waals surface area contributed by atoms with Crippen LogP contribution in [0.5, 0.6) is 0 Å². The van der Waals surface area contributed by atoms with Crippen molar-refractivity contribution in [3.63, 3.8) is 0 Å². The molecule has 26 heavy (non-hydrogen) atoms. The van der Waals surface area contributed by atoms with Gasteiger partial charge in [-0.05, 0) is 30.2 Å². The van der Waals surface area contributed by atoms with Crippen LogP contribution in [-0.4, -0.2) is 41.0 Å². The van der Waals surface area contributed by atoms with Crippen LogP contribution < -0.4 is 10.6 Å². The number of aliphatic hydroxyl groups is 2. The van der Waals surface area contributed by atoms with Gasteiger partial charge in [0, 0.05) is 13.0 Å². The fourth-order valence-corrected chi connectivity index (χ4v) is 2.91.